The first kappa shape index (κ1) is 22.4. The normalized spacial score (nSPS) is 10.1. The molecule has 0 atom stereocenters. The molecule has 0 fully saturated rings. The van der Waals surface area contributed by atoms with Crippen LogP contribution in [0.25, 0.3) is 0 Å². The van der Waals surface area contributed by atoms with E-state index in [1.165, 1.54) is 5.56 Å². The standard InChI is InChI=1S/C10H14.C5H12.C2H6.CH4/c1-10(2,3)9-7-5-4-6-8-9;1-5(2,3)4;1-2;/h4-8H,1-3H3;1-4H3;1-2H3;1H4. The van der Waals surface area contributed by atoms with Crippen LogP contribution >= 0.6 is 0 Å². The molecule has 0 aliphatic carbocycles. The number of hydrogen-bond donors (Lipinski definition) is 0. The zero-order valence-electron chi connectivity index (χ0n) is 13.4. The molecular weight excluding hydrogens is 216 g/mol. The van der Waals surface area contributed by atoms with Gasteiger partial charge >= 0.3 is 0 Å². The van der Waals surface area contributed by atoms with Gasteiger partial charge in [0.05, 0.1) is 0 Å². The van der Waals surface area contributed by atoms with E-state index in [4.69, 9.17) is 0 Å². The molecule has 0 bridgehead atoms. The molecule has 0 aliphatic heterocycles. The predicted molar refractivity (Wildman–Crippen MR) is 88.4 cm³/mol. The van der Waals surface area contributed by atoms with Crippen molar-refractivity contribution in [2.45, 2.75) is 75.2 Å². The zero-order chi connectivity index (χ0) is 14.1. The SMILES string of the molecule is C.CC.CC(C)(C)C.CC(C)(C)c1ccccc1. The van der Waals surface area contributed by atoms with Crippen LogP contribution in [0, 0.1) is 5.41 Å². The highest BCUT2D eigenvalue weighted by molar-refractivity contribution is 5.21. The van der Waals surface area contributed by atoms with Crippen LogP contribution < -0.4 is 0 Å². The maximum Gasteiger partial charge on any atom is -0.0132 e. The molecule has 0 spiro atoms. The summed E-state index contributed by atoms with van der Waals surface area (Å²) in [6.07, 6.45) is 0. The zero-order valence-corrected chi connectivity index (χ0v) is 13.4. The number of hydrogen-bond acceptors (Lipinski definition) is 0. The smallest absolute Gasteiger partial charge is 0.0132 e. The molecule has 0 heteroatoms. The Morgan fingerprint density at radius 3 is 1.11 bits per heavy atom. The second kappa shape index (κ2) is 10.2. The lowest BCUT2D eigenvalue weighted by atomic mass is 9.87. The molecule has 0 unspecified atom stereocenters. The third-order valence-electron chi connectivity index (χ3n) is 1.64. The topological polar surface area (TPSA) is 0 Å². The van der Waals surface area contributed by atoms with Gasteiger partial charge in [0.15, 0.2) is 0 Å². The van der Waals surface area contributed by atoms with Crippen LogP contribution in [-0.4, -0.2) is 0 Å². The summed E-state index contributed by atoms with van der Waals surface area (Å²) in [6.45, 7) is 19.4. The number of benzene rings is 1. The van der Waals surface area contributed by atoms with Crippen molar-refractivity contribution in [1.82, 2.24) is 0 Å². The fourth-order valence-electron chi connectivity index (χ4n) is 0.938. The van der Waals surface area contributed by atoms with Crippen LogP contribution in [0.2, 0.25) is 0 Å². The minimum atomic E-state index is 0. The molecule has 1 aromatic carbocycles. The Morgan fingerprint density at radius 1 is 0.667 bits per heavy atom. The molecule has 0 aromatic heterocycles. The van der Waals surface area contributed by atoms with E-state index in [0.29, 0.717) is 10.8 Å². The summed E-state index contributed by atoms with van der Waals surface area (Å²) in [7, 11) is 0. The van der Waals surface area contributed by atoms with Crippen LogP contribution in [0.3, 0.4) is 0 Å². The van der Waals surface area contributed by atoms with Crippen LogP contribution in [0.15, 0.2) is 30.3 Å². The predicted octanol–water partition coefficient (Wildman–Crippen LogP) is 6.70. The van der Waals surface area contributed by atoms with Crippen LogP contribution in [-0.2, 0) is 5.41 Å². The fourth-order valence-corrected chi connectivity index (χ4v) is 0.938. The van der Waals surface area contributed by atoms with Crippen molar-refractivity contribution in [3.63, 3.8) is 0 Å². The summed E-state index contributed by atoms with van der Waals surface area (Å²) in [6, 6.07) is 10.6. The van der Waals surface area contributed by atoms with E-state index in [-0.39, 0.29) is 7.43 Å². The lowest BCUT2D eigenvalue weighted by Gasteiger charge is -2.18. The maximum absolute atomic E-state index is 2.22. The van der Waals surface area contributed by atoms with Gasteiger partial charge in [0.1, 0.15) is 0 Å². The van der Waals surface area contributed by atoms with Gasteiger partial charge in [-0.15, -0.1) is 0 Å². The molecule has 0 heterocycles. The van der Waals surface area contributed by atoms with Gasteiger partial charge in [0.2, 0.25) is 0 Å². The van der Waals surface area contributed by atoms with E-state index in [1.807, 2.05) is 13.8 Å². The molecule has 0 nitrogen and oxygen atoms in total. The van der Waals surface area contributed by atoms with Crippen molar-refractivity contribution >= 4 is 0 Å². The molecule has 108 valence electrons. The van der Waals surface area contributed by atoms with Crippen LogP contribution in [0.1, 0.15) is 75.3 Å². The Hall–Kier alpha value is -0.780. The van der Waals surface area contributed by atoms with Crippen LogP contribution in [0.4, 0.5) is 0 Å². The van der Waals surface area contributed by atoms with Crippen LogP contribution in [0.5, 0.6) is 0 Å². The van der Waals surface area contributed by atoms with E-state index in [2.05, 4.69) is 78.8 Å². The lowest BCUT2D eigenvalue weighted by molar-refractivity contribution is 0.469. The Bertz CT molecular complexity index is 250. The Labute approximate surface area is 117 Å². The fraction of sp³-hybridized carbons (Fsp3) is 0.667. The average Bonchev–Trinajstić information content (AvgIpc) is 2.18. The molecule has 0 radical (unpaired) electrons. The average molecular weight is 252 g/mol. The molecule has 18 heavy (non-hydrogen) atoms. The van der Waals surface area contributed by atoms with Gasteiger partial charge in [0.25, 0.3) is 0 Å². The Morgan fingerprint density at radius 2 is 0.944 bits per heavy atom. The van der Waals surface area contributed by atoms with Crippen molar-refractivity contribution in [3.8, 4) is 0 Å². The summed E-state index contributed by atoms with van der Waals surface area (Å²) < 4.78 is 0. The van der Waals surface area contributed by atoms with Crippen molar-refractivity contribution in [2.75, 3.05) is 0 Å². The van der Waals surface area contributed by atoms with Gasteiger partial charge in [-0.25, -0.2) is 0 Å². The summed E-state index contributed by atoms with van der Waals surface area (Å²) >= 11 is 0. The first-order valence-corrected chi connectivity index (χ1v) is 6.66. The molecule has 0 aliphatic rings. The first-order valence-electron chi connectivity index (χ1n) is 6.66. The van der Waals surface area contributed by atoms with Gasteiger partial charge in [-0.05, 0) is 16.4 Å². The van der Waals surface area contributed by atoms with E-state index in [9.17, 15) is 0 Å². The van der Waals surface area contributed by atoms with E-state index in [1.54, 1.807) is 0 Å². The highest BCUT2D eigenvalue weighted by Gasteiger charge is 2.11. The summed E-state index contributed by atoms with van der Waals surface area (Å²) in [5.74, 6) is 0. The molecule has 0 saturated heterocycles. The molecule has 0 saturated carbocycles. The highest BCUT2D eigenvalue weighted by atomic mass is 14.2. The van der Waals surface area contributed by atoms with E-state index >= 15 is 0 Å². The molecule has 0 amide bonds. The second-order valence-electron chi connectivity index (χ2n) is 6.62. The Balaban J connectivity index is -0.000000243. The summed E-state index contributed by atoms with van der Waals surface area (Å²) in [5.41, 5.74) is 2.19. The highest BCUT2D eigenvalue weighted by Crippen LogP contribution is 2.20. The first-order chi connectivity index (χ1) is 7.61. The molecule has 0 N–H and O–H groups in total. The second-order valence-corrected chi connectivity index (χ2v) is 6.62. The molecular formula is C18H36. The van der Waals surface area contributed by atoms with Gasteiger partial charge in [-0.3, -0.25) is 0 Å². The molecule has 1 rings (SSSR count). The van der Waals surface area contributed by atoms with Crippen molar-refractivity contribution in [1.29, 1.82) is 0 Å². The monoisotopic (exact) mass is 252 g/mol. The summed E-state index contributed by atoms with van der Waals surface area (Å²) in [4.78, 5) is 0. The largest absolute Gasteiger partial charge is 0.0776 e. The quantitative estimate of drug-likeness (QED) is 0.482. The third-order valence-corrected chi connectivity index (χ3v) is 1.64. The lowest BCUT2D eigenvalue weighted by Crippen LogP contribution is -2.10. The maximum atomic E-state index is 2.22. The van der Waals surface area contributed by atoms with Gasteiger partial charge < -0.3 is 0 Å². The van der Waals surface area contributed by atoms with Crippen molar-refractivity contribution < 1.29 is 0 Å². The van der Waals surface area contributed by atoms with Crippen molar-refractivity contribution in [3.05, 3.63) is 35.9 Å². The minimum Gasteiger partial charge on any atom is -0.0776 e. The van der Waals surface area contributed by atoms with Gasteiger partial charge in [-0.1, -0.05) is 100 Å². The Kier molecular flexibility index (Phi) is 12.7. The summed E-state index contributed by atoms with van der Waals surface area (Å²) in [5, 5.41) is 0. The third kappa shape index (κ3) is 17.6. The minimum absolute atomic E-state index is 0. The van der Waals surface area contributed by atoms with Gasteiger partial charge in [0, 0.05) is 0 Å². The molecule has 1 aromatic rings. The van der Waals surface area contributed by atoms with Crippen molar-refractivity contribution in [2.24, 2.45) is 5.41 Å². The van der Waals surface area contributed by atoms with Gasteiger partial charge in [-0.2, -0.15) is 0 Å². The number of rotatable bonds is 0. The van der Waals surface area contributed by atoms with E-state index < -0.39 is 0 Å². The van der Waals surface area contributed by atoms with E-state index in [0.717, 1.165) is 0 Å².